The zero-order chi connectivity index (χ0) is 9.90. The first kappa shape index (κ1) is 10.5. The fourth-order valence-electron chi connectivity index (χ4n) is 1.08. The normalized spacial score (nSPS) is 12.3. The van der Waals surface area contributed by atoms with E-state index in [1.807, 2.05) is 24.3 Å². The summed E-state index contributed by atoms with van der Waals surface area (Å²) in [6.07, 6.45) is 0. The molecule has 0 bridgehead atoms. The van der Waals surface area contributed by atoms with Gasteiger partial charge in [0.2, 0.25) is 9.03 Å². The fourth-order valence-corrected chi connectivity index (χ4v) is 1.32. The predicted octanol–water partition coefficient (Wildman–Crippen LogP) is 2.86. The Morgan fingerprint density at radius 2 is 1.69 bits per heavy atom. The topological polar surface area (TPSA) is 29.5 Å². The molecule has 0 saturated heterocycles. The number of hydrogen-bond donors (Lipinski definition) is 1. The van der Waals surface area contributed by atoms with Crippen LogP contribution in [0.3, 0.4) is 0 Å². The van der Waals surface area contributed by atoms with Gasteiger partial charge in [-0.1, -0.05) is 32.9 Å². The van der Waals surface area contributed by atoms with Crippen molar-refractivity contribution < 1.29 is 9.42 Å². The molecule has 1 aromatic rings. The van der Waals surface area contributed by atoms with Crippen LogP contribution in [-0.2, 0) is 5.41 Å². The highest BCUT2D eigenvalue weighted by molar-refractivity contribution is 7.25. The van der Waals surface area contributed by atoms with E-state index in [9.17, 15) is 0 Å². The van der Waals surface area contributed by atoms with Gasteiger partial charge in [0.1, 0.15) is 5.75 Å². The Morgan fingerprint density at radius 3 is 2.08 bits per heavy atom. The predicted molar refractivity (Wildman–Crippen MR) is 56.3 cm³/mol. The Hall–Kier alpha value is -0.590. The van der Waals surface area contributed by atoms with Crippen molar-refractivity contribution in [3.63, 3.8) is 0 Å². The van der Waals surface area contributed by atoms with Crippen LogP contribution in [0.2, 0.25) is 0 Å². The summed E-state index contributed by atoms with van der Waals surface area (Å²) in [5.74, 6) is 0.717. The first-order valence-electron chi connectivity index (χ1n) is 4.20. The van der Waals surface area contributed by atoms with Gasteiger partial charge in [0.05, 0.1) is 0 Å². The maximum Gasteiger partial charge on any atom is 0.212 e. The molecule has 13 heavy (non-hydrogen) atoms. The fraction of sp³-hybridized carbons (Fsp3) is 0.400. The standard InChI is InChI=1S/C10H15O2P/c1-10(2,3)8-4-6-9(7-5-8)12-13-11/h4-7,11,13H,1-3H3. The Labute approximate surface area is 80.9 Å². The molecule has 0 amide bonds. The Bertz CT molecular complexity index is 261. The molecule has 2 nitrogen and oxygen atoms in total. The Balaban J connectivity index is 2.81. The van der Waals surface area contributed by atoms with Gasteiger partial charge in [-0.05, 0) is 23.1 Å². The molecule has 1 aromatic carbocycles. The molecule has 0 saturated carbocycles. The van der Waals surface area contributed by atoms with E-state index >= 15 is 0 Å². The van der Waals surface area contributed by atoms with E-state index in [4.69, 9.17) is 9.42 Å². The summed E-state index contributed by atoms with van der Waals surface area (Å²) in [7, 11) is -0.481. The van der Waals surface area contributed by atoms with Gasteiger partial charge in [-0.25, -0.2) is 0 Å². The van der Waals surface area contributed by atoms with Crippen LogP contribution in [0.1, 0.15) is 26.3 Å². The summed E-state index contributed by atoms with van der Waals surface area (Å²) in [6, 6.07) is 7.80. The monoisotopic (exact) mass is 198 g/mol. The van der Waals surface area contributed by atoms with Gasteiger partial charge in [-0.3, -0.25) is 0 Å². The summed E-state index contributed by atoms with van der Waals surface area (Å²) in [6.45, 7) is 6.49. The molecule has 0 spiro atoms. The lowest BCUT2D eigenvalue weighted by molar-refractivity contribution is 0.513. The van der Waals surface area contributed by atoms with Crippen molar-refractivity contribution >= 4 is 9.03 Å². The summed E-state index contributed by atoms with van der Waals surface area (Å²) in [4.78, 5) is 8.55. The van der Waals surface area contributed by atoms with E-state index in [0.717, 1.165) is 0 Å². The molecule has 1 unspecified atom stereocenters. The highest BCUT2D eigenvalue weighted by Crippen LogP contribution is 2.25. The average molecular weight is 198 g/mol. The molecule has 1 rings (SSSR count). The number of hydrogen-bond acceptors (Lipinski definition) is 2. The van der Waals surface area contributed by atoms with Gasteiger partial charge in [-0.2, -0.15) is 0 Å². The van der Waals surface area contributed by atoms with Gasteiger partial charge in [0, 0.05) is 0 Å². The van der Waals surface area contributed by atoms with E-state index < -0.39 is 9.03 Å². The summed E-state index contributed by atoms with van der Waals surface area (Å²) >= 11 is 0. The summed E-state index contributed by atoms with van der Waals surface area (Å²) < 4.78 is 4.96. The number of rotatable bonds is 2. The van der Waals surface area contributed by atoms with Gasteiger partial charge in [0.25, 0.3) is 0 Å². The van der Waals surface area contributed by atoms with Gasteiger partial charge < -0.3 is 9.42 Å². The third-order valence-corrected chi connectivity index (χ3v) is 2.21. The molecule has 1 atom stereocenters. The molecule has 0 aliphatic carbocycles. The molecule has 0 radical (unpaired) electrons. The van der Waals surface area contributed by atoms with Crippen molar-refractivity contribution in [2.24, 2.45) is 0 Å². The van der Waals surface area contributed by atoms with Crippen LogP contribution >= 0.6 is 9.03 Å². The van der Waals surface area contributed by atoms with Crippen LogP contribution < -0.4 is 4.52 Å². The zero-order valence-electron chi connectivity index (χ0n) is 8.16. The summed E-state index contributed by atoms with van der Waals surface area (Å²) in [5.41, 5.74) is 1.43. The highest BCUT2D eigenvalue weighted by Gasteiger charge is 2.12. The summed E-state index contributed by atoms with van der Waals surface area (Å²) in [5, 5.41) is 0. The minimum absolute atomic E-state index is 0.167. The lowest BCUT2D eigenvalue weighted by Gasteiger charge is -2.18. The second kappa shape index (κ2) is 4.08. The first-order valence-corrected chi connectivity index (χ1v) is 5.06. The maximum atomic E-state index is 8.55. The lowest BCUT2D eigenvalue weighted by Crippen LogP contribution is -2.10. The molecule has 0 aliphatic rings. The minimum Gasteiger partial charge on any atom is -0.450 e. The van der Waals surface area contributed by atoms with Crippen molar-refractivity contribution in [3.8, 4) is 5.75 Å². The molecule has 0 aliphatic heterocycles. The third-order valence-electron chi connectivity index (χ3n) is 1.88. The van der Waals surface area contributed by atoms with Crippen molar-refractivity contribution in [1.29, 1.82) is 0 Å². The molecule has 3 heteroatoms. The van der Waals surface area contributed by atoms with Crippen LogP contribution in [-0.4, -0.2) is 4.89 Å². The first-order chi connectivity index (χ1) is 6.04. The molecule has 0 aromatic heterocycles. The van der Waals surface area contributed by atoms with E-state index in [1.165, 1.54) is 5.56 Å². The highest BCUT2D eigenvalue weighted by atomic mass is 31.1. The Morgan fingerprint density at radius 1 is 1.15 bits per heavy atom. The van der Waals surface area contributed by atoms with Gasteiger partial charge in [0.15, 0.2) is 0 Å². The zero-order valence-corrected chi connectivity index (χ0v) is 9.16. The van der Waals surface area contributed by atoms with E-state index in [2.05, 4.69) is 20.8 Å². The van der Waals surface area contributed by atoms with Crippen molar-refractivity contribution in [1.82, 2.24) is 0 Å². The van der Waals surface area contributed by atoms with E-state index in [0.29, 0.717) is 5.75 Å². The van der Waals surface area contributed by atoms with Crippen LogP contribution in [0.4, 0.5) is 0 Å². The SMILES string of the molecule is CC(C)(C)c1ccc(OPO)cc1. The minimum atomic E-state index is -0.481. The maximum absolute atomic E-state index is 8.55. The molecular formula is C10H15O2P. The van der Waals surface area contributed by atoms with E-state index in [1.54, 1.807) is 0 Å². The average Bonchev–Trinajstić information content (AvgIpc) is 2.04. The lowest BCUT2D eigenvalue weighted by atomic mass is 9.87. The second-order valence-electron chi connectivity index (χ2n) is 3.97. The third kappa shape index (κ3) is 2.98. The molecule has 1 N–H and O–H groups in total. The van der Waals surface area contributed by atoms with Crippen molar-refractivity contribution in [2.45, 2.75) is 26.2 Å². The van der Waals surface area contributed by atoms with Crippen molar-refractivity contribution in [3.05, 3.63) is 29.8 Å². The van der Waals surface area contributed by atoms with Crippen molar-refractivity contribution in [2.75, 3.05) is 0 Å². The number of benzene rings is 1. The molecule has 0 fully saturated rings. The van der Waals surface area contributed by atoms with Crippen LogP contribution in [0.5, 0.6) is 5.75 Å². The van der Waals surface area contributed by atoms with Crippen LogP contribution in [0, 0.1) is 0 Å². The second-order valence-corrected chi connectivity index (χ2v) is 4.35. The smallest absolute Gasteiger partial charge is 0.212 e. The quantitative estimate of drug-likeness (QED) is 0.740. The van der Waals surface area contributed by atoms with E-state index in [-0.39, 0.29) is 5.41 Å². The van der Waals surface area contributed by atoms with Gasteiger partial charge >= 0.3 is 0 Å². The molecular weight excluding hydrogens is 183 g/mol. The van der Waals surface area contributed by atoms with Crippen LogP contribution in [0.15, 0.2) is 24.3 Å². The van der Waals surface area contributed by atoms with Gasteiger partial charge in [-0.15, -0.1) is 0 Å². The Kier molecular flexibility index (Phi) is 3.29. The van der Waals surface area contributed by atoms with Crippen LogP contribution in [0.25, 0.3) is 0 Å². The molecule has 72 valence electrons. The largest absolute Gasteiger partial charge is 0.450 e. The molecule has 0 heterocycles.